The van der Waals surface area contributed by atoms with E-state index < -0.39 is 56.9 Å². The lowest BCUT2D eigenvalue weighted by Crippen LogP contribution is -2.58. The van der Waals surface area contributed by atoms with Crippen LogP contribution >= 0.6 is 0 Å². The van der Waals surface area contributed by atoms with Crippen molar-refractivity contribution in [3.63, 3.8) is 0 Å². The van der Waals surface area contributed by atoms with E-state index in [1.54, 1.807) is 0 Å². The Morgan fingerprint density at radius 2 is 1.72 bits per heavy atom. The molecule has 0 spiro atoms. The Balaban J connectivity index is 1.49. The highest BCUT2D eigenvalue weighted by Gasteiger charge is 2.58. The fourth-order valence-electron chi connectivity index (χ4n) is 5.23. The lowest BCUT2D eigenvalue weighted by molar-refractivity contribution is -0.289. The van der Waals surface area contributed by atoms with Crippen LogP contribution < -0.4 is 16.0 Å². The van der Waals surface area contributed by atoms with E-state index in [4.69, 9.17) is 0 Å². The number of carbonyl (C=O) groups excluding carboxylic acids is 2. The molecule has 2 aromatic carbocycles. The number of hydrogen-bond acceptors (Lipinski definition) is 5. The minimum absolute atomic E-state index is 0.0512. The summed E-state index contributed by atoms with van der Waals surface area (Å²) in [6, 6.07) is 6.33. The number of aryl methyl sites for hydroxylation is 1. The molecule has 1 aliphatic carbocycles. The van der Waals surface area contributed by atoms with Crippen molar-refractivity contribution in [2.24, 2.45) is 0 Å². The van der Waals surface area contributed by atoms with Crippen LogP contribution in [-0.4, -0.2) is 55.4 Å². The van der Waals surface area contributed by atoms with Gasteiger partial charge < -0.3 is 16.0 Å². The van der Waals surface area contributed by atoms with Gasteiger partial charge in [0.1, 0.15) is 6.04 Å². The van der Waals surface area contributed by atoms with Crippen LogP contribution in [0.25, 0.3) is 0 Å². The molecule has 14 heteroatoms. The quantitative estimate of drug-likeness (QED) is 0.377. The van der Waals surface area contributed by atoms with Crippen LogP contribution in [0.2, 0.25) is 0 Å². The Hall–Kier alpha value is -3.10. The summed E-state index contributed by atoms with van der Waals surface area (Å²) in [6.07, 6.45) is -4.04. The molecule has 2 aliphatic rings. The third-order valence-electron chi connectivity index (χ3n) is 7.52. The maximum absolute atomic E-state index is 13.7. The number of halogens is 5. The first kappa shape index (κ1) is 32.8. The molecule has 0 saturated carbocycles. The van der Waals surface area contributed by atoms with Crippen LogP contribution in [0, 0.1) is 0 Å². The molecule has 1 unspecified atom stereocenters. The van der Waals surface area contributed by atoms with Crippen LogP contribution in [0.4, 0.5) is 22.0 Å². The van der Waals surface area contributed by atoms with E-state index in [1.807, 2.05) is 12.1 Å². The zero-order valence-corrected chi connectivity index (χ0v) is 24.8. The van der Waals surface area contributed by atoms with Gasteiger partial charge in [0, 0.05) is 30.7 Å². The zero-order chi connectivity index (χ0) is 31.8. The molecule has 8 nitrogen and oxygen atoms in total. The van der Waals surface area contributed by atoms with Gasteiger partial charge in [-0.3, -0.25) is 9.59 Å². The molecule has 0 radical (unpaired) electrons. The Morgan fingerprint density at radius 1 is 1.05 bits per heavy atom. The van der Waals surface area contributed by atoms with Gasteiger partial charge in [-0.25, -0.2) is 8.42 Å². The predicted octanol–water partition coefficient (Wildman–Crippen LogP) is 4.30. The predicted molar refractivity (Wildman–Crippen MR) is 149 cm³/mol. The fraction of sp³-hybridized carbons (Fsp3) is 0.517. The first-order valence-corrected chi connectivity index (χ1v) is 15.3. The number of amides is 2. The number of carbonyl (C=O) groups is 2. The van der Waals surface area contributed by atoms with Crippen molar-refractivity contribution >= 4 is 21.8 Å². The van der Waals surface area contributed by atoms with Gasteiger partial charge in [-0.15, -0.1) is 0 Å². The summed E-state index contributed by atoms with van der Waals surface area (Å²) < 4.78 is 93.2. The first-order valence-electron chi connectivity index (χ1n) is 13.9. The van der Waals surface area contributed by atoms with Gasteiger partial charge in [-0.05, 0) is 68.9 Å². The maximum Gasteiger partial charge on any atom is 0.458 e. The van der Waals surface area contributed by atoms with E-state index in [9.17, 15) is 40.0 Å². The van der Waals surface area contributed by atoms with E-state index in [-0.39, 0.29) is 24.7 Å². The average Bonchev–Trinajstić information content (AvgIpc) is 2.92. The molecule has 3 N–H and O–H groups in total. The molecule has 2 aromatic rings. The van der Waals surface area contributed by atoms with E-state index in [0.29, 0.717) is 37.2 Å². The minimum Gasteiger partial charge on any atom is -0.353 e. The standard InChI is InChI=1S/C29H35F5N4O4S/c1-27(2,3)36-17-18-7-12-22-19(15-18)5-4-6-23(22)37-25(39)16-24-26(40)35-13-14-38(24)43(41,42)21-10-8-20(9-11-21)28(30,31)29(32,33)34/h7-12,15,23-24,36H,4-6,13-14,16-17H2,1-3H3,(H,35,40)(H,37,39)/t23-,24?/m1/s1. The number of hydrogen-bond donors (Lipinski definition) is 3. The number of rotatable bonds is 8. The van der Waals surface area contributed by atoms with Crippen LogP contribution in [0.15, 0.2) is 47.4 Å². The second-order valence-corrected chi connectivity index (χ2v) is 13.8. The second-order valence-electron chi connectivity index (χ2n) is 11.9. The van der Waals surface area contributed by atoms with Crippen molar-refractivity contribution in [1.29, 1.82) is 0 Å². The molecule has 1 fully saturated rings. The smallest absolute Gasteiger partial charge is 0.353 e. The van der Waals surface area contributed by atoms with E-state index in [1.165, 1.54) is 0 Å². The van der Waals surface area contributed by atoms with Crippen LogP contribution in [0.1, 0.15) is 68.3 Å². The number of nitrogens with zero attached hydrogens (tertiary/aromatic N) is 1. The van der Waals surface area contributed by atoms with Crippen LogP contribution in [0.3, 0.4) is 0 Å². The highest BCUT2D eigenvalue weighted by Crippen LogP contribution is 2.44. The monoisotopic (exact) mass is 630 g/mol. The molecule has 2 atom stereocenters. The summed E-state index contributed by atoms with van der Waals surface area (Å²) >= 11 is 0. The normalized spacial score (nSPS) is 20.3. The third kappa shape index (κ3) is 7.35. The number of benzene rings is 2. The number of fused-ring (bicyclic) bond motifs is 1. The highest BCUT2D eigenvalue weighted by molar-refractivity contribution is 7.89. The Morgan fingerprint density at radius 3 is 2.35 bits per heavy atom. The second kappa shape index (κ2) is 12.1. The number of alkyl halides is 5. The van der Waals surface area contributed by atoms with Crippen molar-refractivity contribution < 1.29 is 40.0 Å². The van der Waals surface area contributed by atoms with E-state index in [2.05, 4.69) is 42.8 Å². The third-order valence-corrected chi connectivity index (χ3v) is 9.44. The van der Waals surface area contributed by atoms with Gasteiger partial charge in [0.2, 0.25) is 21.8 Å². The van der Waals surface area contributed by atoms with Crippen molar-refractivity contribution in [3.05, 3.63) is 64.7 Å². The first-order chi connectivity index (χ1) is 19.9. The van der Waals surface area contributed by atoms with Gasteiger partial charge in [0.25, 0.3) is 0 Å². The van der Waals surface area contributed by atoms with Crippen molar-refractivity contribution in [2.75, 3.05) is 13.1 Å². The van der Waals surface area contributed by atoms with Gasteiger partial charge in [-0.2, -0.15) is 26.3 Å². The molecule has 1 aliphatic heterocycles. The van der Waals surface area contributed by atoms with Crippen LogP contribution in [0.5, 0.6) is 0 Å². The molecule has 2 amide bonds. The summed E-state index contributed by atoms with van der Waals surface area (Å²) in [6.45, 7) is 6.62. The van der Waals surface area contributed by atoms with Crippen molar-refractivity contribution in [2.45, 2.75) is 87.6 Å². The number of sulfonamides is 1. The maximum atomic E-state index is 13.7. The van der Waals surface area contributed by atoms with Gasteiger partial charge in [0.15, 0.2) is 0 Å². The molecule has 43 heavy (non-hydrogen) atoms. The largest absolute Gasteiger partial charge is 0.458 e. The topological polar surface area (TPSA) is 108 Å². The van der Waals surface area contributed by atoms with Crippen molar-refractivity contribution in [1.82, 2.24) is 20.3 Å². The van der Waals surface area contributed by atoms with E-state index in [0.717, 1.165) is 33.8 Å². The molecule has 0 aromatic heterocycles. The van der Waals surface area contributed by atoms with Gasteiger partial charge >= 0.3 is 12.1 Å². The number of nitrogens with one attached hydrogen (secondary N) is 3. The molecular weight excluding hydrogens is 595 g/mol. The summed E-state index contributed by atoms with van der Waals surface area (Å²) in [4.78, 5) is 25.3. The average molecular weight is 631 g/mol. The summed E-state index contributed by atoms with van der Waals surface area (Å²) in [5, 5.41) is 8.89. The molecule has 1 heterocycles. The molecule has 4 rings (SSSR count). The fourth-order valence-corrected chi connectivity index (χ4v) is 6.82. The zero-order valence-electron chi connectivity index (χ0n) is 24.0. The Bertz CT molecular complexity index is 1460. The lowest BCUT2D eigenvalue weighted by atomic mass is 9.86. The minimum atomic E-state index is -5.86. The molecule has 1 saturated heterocycles. The molecular formula is C29H35F5N4O4S. The molecule has 0 bridgehead atoms. The summed E-state index contributed by atoms with van der Waals surface area (Å²) in [5.41, 5.74) is 1.69. The Kier molecular flexibility index (Phi) is 9.25. The van der Waals surface area contributed by atoms with Gasteiger partial charge in [0.05, 0.1) is 17.4 Å². The van der Waals surface area contributed by atoms with Gasteiger partial charge in [-0.1, -0.05) is 30.3 Å². The highest BCUT2D eigenvalue weighted by atomic mass is 32.2. The SMILES string of the molecule is CC(C)(C)NCc1ccc2c(c1)CCC[C@H]2NC(=O)CC1C(=O)NCCN1S(=O)(=O)c1ccc(C(F)(F)C(F)(F)F)cc1. The summed E-state index contributed by atoms with van der Waals surface area (Å²) in [5.74, 6) is -6.45. The Labute approximate surface area is 247 Å². The van der Waals surface area contributed by atoms with Crippen LogP contribution in [-0.2, 0) is 38.5 Å². The van der Waals surface area contributed by atoms with Crippen molar-refractivity contribution in [3.8, 4) is 0 Å². The van der Waals surface area contributed by atoms with E-state index >= 15 is 0 Å². The lowest BCUT2D eigenvalue weighted by Gasteiger charge is -2.34. The summed E-state index contributed by atoms with van der Waals surface area (Å²) in [7, 11) is -4.53. The molecule has 236 valence electrons. The number of piperazine rings is 1.